The Labute approximate surface area is 77.1 Å². The second kappa shape index (κ2) is 4.27. The Morgan fingerprint density at radius 1 is 1.17 bits per heavy atom. The van der Waals surface area contributed by atoms with Gasteiger partial charge in [-0.15, -0.1) is 0 Å². The van der Waals surface area contributed by atoms with E-state index in [0.717, 1.165) is 17.9 Å². The minimum atomic E-state index is 0.837. The molecule has 1 aliphatic rings. The van der Waals surface area contributed by atoms with E-state index in [1.165, 1.54) is 25.8 Å². The van der Waals surface area contributed by atoms with Crippen molar-refractivity contribution < 1.29 is 0 Å². The van der Waals surface area contributed by atoms with E-state index in [1.54, 1.807) is 0 Å². The molecule has 2 atom stereocenters. The van der Waals surface area contributed by atoms with Gasteiger partial charge in [-0.05, 0) is 38.3 Å². The first-order valence-electron chi connectivity index (χ1n) is 5.37. The maximum atomic E-state index is 2.52. The normalized spacial score (nSPS) is 37.2. The van der Waals surface area contributed by atoms with E-state index in [2.05, 4.69) is 32.7 Å². The molecule has 0 amide bonds. The Morgan fingerprint density at radius 3 is 2.08 bits per heavy atom. The molecular weight excluding hydrogens is 146 g/mol. The lowest BCUT2D eigenvalue weighted by molar-refractivity contribution is 0.0962. The molecule has 72 valence electrons. The van der Waals surface area contributed by atoms with Crippen molar-refractivity contribution in [2.45, 2.75) is 46.1 Å². The lowest BCUT2D eigenvalue weighted by atomic mass is 9.78. The highest BCUT2D eigenvalue weighted by atomic mass is 15.1. The molecule has 0 aromatic rings. The van der Waals surface area contributed by atoms with E-state index in [1.807, 2.05) is 0 Å². The Morgan fingerprint density at radius 2 is 1.67 bits per heavy atom. The molecule has 0 heterocycles. The van der Waals surface area contributed by atoms with Crippen molar-refractivity contribution in [3.63, 3.8) is 0 Å². The molecule has 0 aromatic carbocycles. The van der Waals surface area contributed by atoms with Gasteiger partial charge in [-0.2, -0.15) is 0 Å². The van der Waals surface area contributed by atoms with Crippen LogP contribution in [-0.4, -0.2) is 24.5 Å². The maximum Gasteiger partial charge on any atom is 0.0143 e. The van der Waals surface area contributed by atoms with Crippen LogP contribution in [0.25, 0.3) is 0 Å². The van der Waals surface area contributed by atoms with Crippen molar-refractivity contribution in [3.05, 3.63) is 0 Å². The van der Waals surface area contributed by atoms with E-state index < -0.39 is 0 Å². The predicted octanol–water partition coefficient (Wildman–Crippen LogP) is 2.76. The summed E-state index contributed by atoms with van der Waals surface area (Å²) in [6, 6.07) is 0.837. The van der Waals surface area contributed by atoms with Crippen molar-refractivity contribution in [2.75, 3.05) is 13.6 Å². The zero-order chi connectivity index (χ0) is 9.14. The highest BCUT2D eigenvalue weighted by molar-refractivity contribution is 4.83. The van der Waals surface area contributed by atoms with Crippen LogP contribution in [0.2, 0.25) is 0 Å². The molecule has 1 nitrogen and oxygen atoms in total. The SMILES string of the molecule is CCN(C)C1C(C)CCCC1C. The van der Waals surface area contributed by atoms with E-state index >= 15 is 0 Å². The summed E-state index contributed by atoms with van der Waals surface area (Å²) < 4.78 is 0. The van der Waals surface area contributed by atoms with Crippen LogP contribution in [0.1, 0.15) is 40.0 Å². The van der Waals surface area contributed by atoms with E-state index in [0.29, 0.717) is 0 Å². The summed E-state index contributed by atoms with van der Waals surface area (Å²) in [6.07, 6.45) is 4.30. The highest BCUT2D eigenvalue weighted by Crippen LogP contribution is 2.31. The standard InChI is InChI=1S/C11H23N/c1-5-12(4)11-9(2)7-6-8-10(11)3/h9-11H,5-8H2,1-4H3. The Hall–Kier alpha value is -0.0400. The van der Waals surface area contributed by atoms with Crippen LogP contribution in [0, 0.1) is 11.8 Å². The van der Waals surface area contributed by atoms with Crippen LogP contribution in [0.5, 0.6) is 0 Å². The summed E-state index contributed by atoms with van der Waals surface area (Å²) in [4.78, 5) is 2.52. The molecule has 2 unspecified atom stereocenters. The average molecular weight is 169 g/mol. The number of hydrogen-bond donors (Lipinski definition) is 0. The molecule has 1 fully saturated rings. The maximum absolute atomic E-state index is 2.52. The molecule has 0 spiro atoms. The summed E-state index contributed by atoms with van der Waals surface area (Å²) in [7, 11) is 2.27. The quantitative estimate of drug-likeness (QED) is 0.614. The van der Waals surface area contributed by atoms with Gasteiger partial charge in [-0.25, -0.2) is 0 Å². The Balaban J connectivity index is 2.56. The summed E-state index contributed by atoms with van der Waals surface area (Å²) in [5.41, 5.74) is 0. The molecule has 1 aliphatic carbocycles. The largest absolute Gasteiger partial charge is 0.303 e. The topological polar surface area (TPSA) is 3.24 Å². The third-order valence-electron chi connectivity index (χ3n) is 3.49. The number of nitrogens with zero attached hydrogens (tertiary/aromatic N) is 1. The summed E-state index contributed by atoms with van der Waals surface area (Å²) >= 11 is 0. The van der Waals surface area contributed by atoms with Gasteiger partial charge in [0.1, 0.15) is 0 Å². The molecular formula is C11H23N. The number of hydrogen-bond acceptors (Lipinski definition) is 1. The molecule has 0 bridgehead atoms. The van der Waals surface area contributed by atoms with Crippen molar-refractivity contribution in [2.24, 2.45) is 11.8 Å². The Bertz CT molecular complexity index is 117. The smallest absolute Gasteiger partial charge is 0.0143 e. The van der Waals surface area contributed by atoms with Crippen LogP contribution in [0.3, 0.4) is 0 Å². The van der Waals surface area contributed by atoms with Gasteiger partial charge in [0.15, 0.2) is 0 Å². The fraction of sp³-hybridized carbons (Fsp3) is 1.00. The zero-order valence-corrected chi connectivity index (χ0v) is 9.01. The second-order valence-corrected chi connectivity index (χ2v) is 4.45. The molecule has 1 saturated carbocycles. The van der Waals surface area contributed by atoms with E-state index in [-0.39, 0.29) is 0 Å². The minimum Gasteiger partial charge on any atom is -0.303 e. The van der Waals surface area contributed by atoms with Crippen molar-refractivity contribution >= 4 is 0 Å². The van der Waals surface area contributed by atoms with Gasteiger partial charge in [0, 0.05) is 6.04 Å². The van der Waals surface area contributed by atoms with Crippen LogP contribution >= 0.6 is 0 Å². The summed E-state index contributed by atoms with van der Waals surface area (Å²) in [5, 5.41) is 0. The monoisotopic (exact) mass is 169 g/mol. The first-order valence-corrected chi connectivity index (χ1v) is 5.37. The van der Waals surface area contributed by atoms with Crippen LogP contribution in [0.4, 0.5) is 0 Å². The molecule has 0 N–H and O–H groups in total. The van der Waals surface area contributed by atoms with Crippen LogP contribution in [-0.2, 0) is 0 Å². The lowest BCUT2D eigenvalue weighted by Gasteiger charge is -2.40. The third-order valence-corrected chi connectivity index (χ3v) is 3.49. The average Bonchev–Trinajstić information content (AvgIpc) is 2.03. The lowest BCUT2D eigenvalue weighted by Crippen LogP contribution is -2.43. The van der Waals surface area contributed by atoms with Crippen molar-refractivity contribution in [1.82, 2.24) is 4.90 Å². The Kier molecular flexibility index (Phi) is 3.57. The van der Waals surface area contributed by atoms with E-state index in [9.17, 15) is 0 Å². The molecule has 0 saturated heterocycles. The highest BCUT2D eigenvalue weighted by Gasteiger charge is 2.29. The fourth-order valence-corrected chi connectivity index (χ4v) is 2.74. The van der Waals surface area contributed by atoms with Gasteiger partial charge in [-0.1, -0.05) is 27.2 Å². The first kappa shape index (κ1) is 10.0. The van der Waals surface area contributed by atoms with Gasteiger partial charge >= 0.3 is 0 Å². The molecule has 0 radical (unpaired) electrons. The predicted molar refractivity (Wildman–Crippen MR) is 54.3 cm³/mol. The van der Waals surface area contributed by atoms with Crippen molar-refractivity contribution in [3.8, 4) is 0 Å². The minimum absolute atomic E-state index is 0.837. The zero-order valence-electron chi connectivity index (χ0n) is 9.01. The fourth-order valence-electron chi connectivity index (χ4n) is 2.74. The van der Waals surface area contributed by atoms with Crippen molar-refractivity contribution in [1.29, 1.82) is 0 Å². The second-order valence-electron chi connectivity index (χ2n) is 4.45. The van der Waals surface area contributed by atoms with Crippen LogP contribution in [0.15, 0.2) is 0 Å². The van der Waals surface area contributed by atoms with Crippen LogP contribution < -0.4 is 0 Å². The van der Waals surface area contributed by atoms with Gasteiger partial charge in [0.05, 0.1) is 0 Å². The molecule has 0 aromatic heterocycles. The van der Waals surface area contributed by atoms with Gasteiger partial charge < -0.3 is 4.90 Å². The molecule has 1 rings (SSSR count). The molecule has 12 heavy (non-hydrogen) atoms. The van der Waals surface area contributed by atoms with Gasteiger partial charge in [0.25, 0.3) is 0 Å². The van der Waals surface area contributed by atoms with Gasteiger partial charge in [0.2, 0.25) is 0 Å². The first-order chi connectivity index (χ1) is 5.66. The van der Waals surface area contributed by atoms with E-state index in [4.69, 9.17) is 0 Å². The molecule has 0 aliphatic heterocycles. The third kappa shape index (κ3) is 2.01. The summed E-state index contributed by atoms with van der Waals surface area (Å²) in [5.74, 6) is 1.80. The molecule has 1 heteroatoms. The number of rotatable bonds is 2. The summed E-state index contributed by atoms with van der Waals surface area (Å²) in [6.45, 7) is 8.27. The van der Waals surface area contributed by atoms with Gasteiger partial charge in [-0.3, -0.25) is 0 Å².